The highest BCUT2D eigenvalue weighted by Crippen LogP contribution is 2.17. The molecule has 0 heterocycles. The van der Waals surface area contributed by atoms with Gasteiger partial charge >= 0.3 is 11.9 Å². The lowest BCUT2D eigenvalue weighted by molar-refractivity contribution is 0.0471. The van der Waals surface area contributed by atoms with Crippen molar-refractivity contribution in [3.05, 3.63) is 70.3 Å². The van der Waals surface area contributed by atoms with Crippen LogP contribution >= 0.6 is 0 Å². The van der Waals surface area contributed by atoms with Crippen LogP contribution in [-0.4, -0.2) is 25.2 Å². The van der Waals surface area contributed by atoms with Crippen LogP contribution in [0.1, 0.15) is 40.0 Å². The van der Waals surface area contributed by atoms with Crippen LogP contribution in [0.5, 0.6) is 0 Å². The minimum absolute atomic E-state index is 0.164. The number of ether oxygens (including phenoxy) is 2. The van der Waals surface area contributed by atoms with Crippen LogP contribution in [0.4, 0.5) is 26.3 Å². The molecule has 0 unspecified atom stereocenters. The summed E-state index contributed by atoms with van der Waals surface area (Å²) in [5.74, 6) is -12.0. The number of hydrogen-bond donors (Lipinski definition) is 0. The molecule has 0 bridgehead atoms. The predicted octanol–water partition coefficient (Wildman–Crippen LogP) is 4.71. The Morgan fingerprint density at radius 3 is 1.34 bits per heavy atom. The number of unbranched alkanes of at least 4 members (excludes halogenated alkanes) is 2. The third kappa shape index (κ3) is 5.49. The van der Waals surface area contributed by atoms with Crippen LogP contribution < -0.4 is 0 Å². The fourth-order valence-electron chi connectivity index (χ4n) is 2.23. The van der Waals surface area contributed by atoms with Gasteiger partial charge in [0.25, 0.3) is 0 Å². The van der Waals surface area contributed by atoms with E-state index in [0.29, 0.717) is 18.6 Å². The number of halogens is 6. The van der Waals surface area contributed by atoms with Gasteiger partial charge in [0.05, 0.1) is 24.3 Å². The molecule has 0 aliphatic carbocycles. The van der Waals surface area contributed by atoms with E-state index in [1.807, 2.05) is 0 Å². The van der Waals surface area contributed by atoms with Gasteiger partial charge in [0.2, 0.25) is 0 Å². The molecule has 0 aromatic heterocycles. The number of benzene rings is 2. The summed E-state index contributed by atoms with van der Waals surface area (Å²) >= 11 is 0. The molecule has 0 aliphatic rings. The molecule has 0 fully saturated rings. The van der Waals surface area contributed by atoms with Crippen LogP contribution in [0.3, 0.4) is 0 Å². The van der Waals surface area contributed by atoms with Crippen molar-refractivity contribution in [3.63, 3.8) is 0 Å². The molecule has 0 atom stereocenters. The lowest BCUT2D eigenvalue weighted by atomic mass is 10.2. The summed E-state index contributed by atoms with van der Waals surface area (Å²) in [6, 6.07) is 2.71. The summed E-state index contributed by atoms with van der Waals surface area (Å²) in [7, 11) is 0. The fourth-order valence-corrected chi connectivity index (χ4v) is 2.23. The Morgan fingerprint density at radius 2 is 0.966 bits per heavy atom. The van der Waals surface area contributed by atoms with Gasteiger partial charge in [0, 0.05) is 0 Å². The van der Waals surface area contributed by atoms with E-state index in [1.165, 1.54) is 0 Å². The van der Waals surface area contributed by atoms with Crippen molar-refractivity contribution in [2.24, 2.45) is 0 Å². The Labute approximate surface area is 161 Å². The van der Waals surface area contributed by atoms with E-state index in [9.17, 15) is 35.9 Å². The number of carbonyl (C=O) groups excluding carboxylic acids is 2. The van der Waals surface area contributed by atoms with Crippen molar-refractivity contribution in [3.8, 4) is 0 Å². The average molecular weight is 420 g/mol. The Balaban J connectivity index is 1.69. The van der Waals surface area contributed by atoms with Gasteiger partial charge in [-0.25, -0.2) is 35.9 Å². The van der Waals surface area contributed by atoms with Crippen molar-refractivity contribution in [2.45, 2.75) is 19.3 Å². The molecule has 2 aromatic carbocycles. The SMILES string of the molecule is O=C(OCCCCCOC(=O)c1ccc(F)c(F)c1F)c1ccc(F)c(F)c1F. The number of hydrogen-bond acceptors (Lipinski definition) is 4. The molecule has 0 radical (unpaired) electrons. The molecule has 0 N–H and O–H groups in total. The van der Waals surface area contributed by atoms with Crippen molar-refractivity contribution in [1.82, 2.24) is 0 Å². The molecule has 29 heavy (non-hydrogen) atoms. The zero-order valence-electron chi connectivity index (χ0n) is 14.7. The lowest BCUT2D eigenvalue weighted by Crippen LogP contribution is -2.12. The minimum Gasteiger partial charge on any atom is -0.462 e. The molecule has 0 saturated carbocycles. The average Bonchev–Trinajstić information content (AvgIpc) is 2.69. The van der Waals surface area contributed by atoms with Gasteiger partial charge < -0.3 is 9.47 Å². The molecule has 156 valence electrons. The fraction of sp³-hybridized carbons (Fsp3) is 0.263. The van der Waals surface area contributed by atoms with Gasteiger partial charge in [0.15, 0.2) is 34.9 Å². The maximum atomic E-state index is 13.4. The van der Waals surface area contributed by atoms with E-state index in [0.717, 1.165) is 12.1 Å². The molecule has 2 aromatic rings. The third-order valence-corrected chi connectivity index (χ3v) is 3.77. The first-order valence-electron chi connectivity index (χ1n) is 8.35. The monoisotopic (exact) mass is 420 g/mol. The summed E-state index contributed by atoms with van der Waals surface area (Å²) in [5.41, 5.74) is -1.49. The first-order valence-corrected chi connectivity index (χ1v) is 8.35. The highest BCUT2D eigenvalue weighted by atomic mass is 19.2. The largest absolute Gasteiger partial charge is 0.462 e. The molecule has 4 nitrogen and oxygen atoms in total. The molecule has 10 heteroatoms. The van der Waals surface area contributed by atoms with E-state index >= 15 is 0 Å². The van der Waals surface area contributed by atoms with E-state index in [2.05, 4.69) is 0 Å². The van der Waals surface area contributed by atoms with Gasteiger partial charge in [0.1, 0.15) is 0 Å². The minimum atomic E-state index is -1.78. The van der Waals surface area contributed by atoms with Gasteiger partial charge in [-0.15, -0.1) is 0 Å². The van der Waals surface area contributed by atoms with E-state index in [4.69, 9.17) is 9.47 Å². The second kappa shape index (κ2) is 9.94. The van der Waals surface area contributed by atoms with Gasteiger partial charge in [-0.3, -0.25) is 0 Å². The Hall–Kier alpha value is -3.04. The standard InChI is InChI=1S/C19H14F6O4/c20-12-6-4-10(14(22)16(12)24)18(26)28-8-2-1-3-9-29-19(27)11-5-7-13(21)17(25)15(11)23/h4-7H,1-3,8-9H2. The zero-order chi connectivity index (χ0) is 21.6. The molecule has 0 saturated heterocycles. The summed E-state index contributed by atoms with van der Waals surface area (Å²) in [4.78, 5) is 23.3. The molecular formula is C19H14F6O4. The lowest BCUT2D eigenvalue weighted by Gasteiger charge is -2.08. The summed E-state index contributed by atoms with van der Waals surface area (Å²) in [6.07, 6.45) is 0.920. The Morgan fingerprint density at radius 1 is 0.586 bits per heavy atom. The quantitative estimate of drug-likeness (QED) is 0.269. The summed E-state index contributed by atoms with van der Waals surface area (Å²) in [6.45, 7) is -0.327. The van der Waals surface area contributed by atoms with Gasteiger partial charge in [-0.05, 0) is 43.5 Å². The molecule has 0 aliphatic heterocycles. The van der Waals surface area contributed by atoms with Gasteiger partial charge in [-0.1, -0.05) is 0 Å². The Kier molecular flexibility index (Phi) is 7.63. The first-order chi connectivity index (χ1) is 13.7. The van der Waals surface area contributed by atoms with E-state index in [1.54, 1.807) is 0 Å². The second-order valence-corrected chi connectivity index (χ2v) is 5.78. The van der Waals surface area contributed by atoms with Crippen LogP contribution in [0, 0.1) is 34.9 Å². The highest BCUT2D eigenvalue weighted by Gasteiger charge is 2.21. The van der Waals surface area contributed by atoms with Gasteiger partial charge in [-0.2, -0.15) is 0 Å². The van der Waals surface area contributed by atoms with Crippen molar-refractivity contribution < 1.29 is 45.4 Å². The van der Waals surface area contributed by atoms with Crippen LogP contribution in [0.2, 0.25) is 0 Å². The van der Waals surface area contributed by atoms with E-state index in [-0.39, 0.29) is 26.1 Å². The van der Waals surface area contributed by atoms with Crippen molar-refractivity contribution >= 4 is 11.9 Å². The molecule has 2 rings (SSSR count). The molecule has 0 amide bonds. The highest BCUT2D eigenvalue weighted by molar-refractivity contribution is 5.90. The summed E-state index contributed by atoms with van der Waals surface area (Å²) in [5, 5.41) is 0. The number of carbonyl (C=O) groups is 2. The normalized spacial score (nSPS) is 10.7. The molecule has 0 spiro atoms. The van der Waals surface area contributed by atoms with Crippen molar-refractivity contribution in [2.75, 3.05) is 13.2 Å². The van der Waals surface area contributed by atoms with E-state index < -0.39 is 58.0 Å². The van der Waals surface area contributed by atoms with Crippen LogP contribution in [0.25, 0.3) is 0 Å². The number of rotatable bonds is 8. The zero-order valence-corrected chi connectivity index (χ0v) is 14.7. The predicted molar refractivity (Wildman–Crippen MR) is 87.0 cm³/mol. The maximum absolute atomic E-state index is 13.4. The van der Waals surface area contributed by atoms with Crippen molar-refractivity contribution in [1.29, 1.82) is 0 Å². The smallest absolute Gasteiger partial charge is 0.341 e. The molecular weight excluding hydrogens is 406 g/mol. The first kappa shape index (κ1) is 22.3. The third-order valence-electron chi connectivity index (χ3n) is 3.77. The second-order valence-electron chi connectivity index (χ2n) is 5.78. The maximum Gasteiger partial charge on any atom is 0.341 e. The van der Waals surface area contributed by atoms with Crippen LogP contribution in [0.15, 0.2) is 24.3 Å². The topological polar surface area (TPSA) is 52.6 Å². The number of esters is 2. The van der Waals surface area contributed by atoms with Crippen LogP contribution in [-0.2, 0) is 9.47 Å². The summed E-state index contributed by atoms with van der Waals surface area (Å²) < 4.78 is 88.1. The Bertz CT molecular complexity index is 843.